The van der Waals surface area contributed by atoms with Gasteiger partial charge in [0.25, 0.3) is 0 Å². The van der Waals surface area contributed by atoms with E-state index in [1.165, 1.54) is 0 Å². The van der Waals surface area contributed by atoms with Crippen LogP contribution in [0.3, 0.4) is 0 Å². The molecule has 0 spiro atoms. The average Bonchev–Trinajstić information content (AvgIpc) is 2.61. The molecule has 5 heteroatoms. The summed E-state index contributed by atoms with van der Waals surface area (Å²) in [5, 5.41) is 0.769. The Balaban J connectivity index is 0.00000176. The Morgan fingerprint density at radius 1 is 1.05 bits per heavy atom. The Morgan fingerprint density at radius 2 is 1.68 bits per heavy atom. The number of alkyl halides is 3. The van der Waals surface area contributed by atoms with Crippen molar-refractivity contribution in [2.24, 2.45) is 0 Å². The molecule has 22 heavy (non-hydrogen) atoms. The van der Waals surface area contributed by atoms with Crippen LogP contribution in [0.5, 0.6) is 0 Å². The van der Waals surface area contributed by atoms with E-state index in [1.807, 2.05) is 39.0 Å². The van der Waals surface area contributed by atoms with Crippen LogP contribution in [0, 0.1) is 0 Å². The number of rotatable bonds is 1. The molecular formula is C17H21ClF3S+. The van der Waals surface area contributed by atoms with Gasteiger partial charge >= 0.3 is 5.51 Å². The Kier molecular flexibility index (Phi) is 4.58. The molecule has 122 valence electrons. The van der Waals surface area contributed by atoms with E-state index in [1.54, 1.807) is 6.07 Å². The summed E-state index contributed by atoms with van der Waals surface area (Å²) in [6.07, 6.45) is 2.87. The molecule has 1 fully saturated rings. The molecule has 1 aliphatic rings. The maximum Gasteiger partial charge on any atom is 0.600 e. The molecule has 1 heterocycles. The van der Waals surface area contributed by atoms with Crippen LogP contribution in [-0.4, -0.2) is 0 Å². The van der Waals surface area contributed by atoms with E-state index in [9.17, 15) is 13.2 Å². The summed E-state index contributed by atoms with van der Waals surface area (Å²) in [5.41, 5.74) is -3.32. The summed E-state index contributed by atoms with van der Waals surface area (Å²) < 4.78 is 41.3. The molecule has 0 saturated heterocycles. The molecule has 0 aliphatic heterocycles. The summed E-state index contributed by atoms with van der Waals surface area (Å²) >= 11 is 0. The van der Waals surface area contributed by atoms with Gasteiger partial charge in [0.2, 0.25) is 0 Å². The highest BCUT2D eigenvalue weighted by molar-refractivity contribution is 7.38. The fourth-order valence-electron chi connectivity index (χ4n) is 2.87. The van der Waals surface area contributed by atoms with Gasteiger partial charge in [-0.15, -0.1) is 25.6 Å². The molecule has 2 aromatic rings. The summed E-state index contributed by atoms with van der Waals surface area (Å²) in [6.45, 7) is 6.11. The molecule has 1 aromatic heterocycles. The van der Waals surface area contributed by atoms with Gasteiger partial charge in [-0.05, 0) is 29.9 Å². The first kappa shape index (κ1) is 17.6. The normalized spacial score (nSPS) is 17.3. The summed E-state index contributed by atoms with van der Waals surface area (Å²) in [7, 11) is -1.72. The fourth-order valence-corrected chi connectivity index (χ4v) is 5.06. The third-order valence-electron chi connectivity index (χ3n) is 4.37. The highest BCUT2D eigenvalue weighted by Gasteiger charge is 2.50. The zero-order valence-electron chi connectivity index (χ0n) is 13.0. The second kappa shape index (κ2) is 5.72. The van der Waals surface area contributed by atoms with Gasteiger partial charge in [-0.25, -0.2) is 0 Å². The molecule has 3 rings (SSSR count). The molecular weight excluding hydrogens is 329 g/mol. The smallest absolute Gasteiger partial charge is 0.147 e. The number of hydrogen-bond donors (Lipinski definition) is 0. The first-order chi connectivity index (χ1) is 9.68. The van der Waals surface area contributed by atoms with Gasteiger partial charge in [-0.3, -0.25) is 0 Å². The van der Waals surface area contributed by atoms with E-state index >= 15 is 0 Å². The standard InChI is InChI=1S/C17H20F3S.ClH/c1-16(2,3)13-8-7-12-9-14(11-5-4-6-11)21(15(12)10-13)17(18,19)20;/h7-11H,4-6H2,1-3H3;1H/q+1;. The lowest BCUT2D eigenvalue weighted by molar-refractivity contribution is -0.0868. The zero-order chi connectivity index (χ0) is 15.4. The molecule has 0 bridgehead atoms. The monoisotopic (exact) mass is 349 g/mol. The van der Waals surface area contributed by atoms with Crippen molar-refractivity contribution < 1.29 is 13.2 Å². The Morgan fingerprint density at radius 3 is 2.14 bits per heavy atom. The summed E-state index contributed by atoms with van der Waals surface area (Å²) in [4.78, 5) is 0.620. The minimum Gasteiger partial charge on any atom is -0.147 e. The second-order valence-corrected chi connectivity index (χ2v) is 8.92. The topological polar surface area (TPSA) is 0 Å². The lowest BCUT2D eigenvalue weighted by Crippen LogP contribution is -2.11. The molecule has 1 aliphatic carbocycles. The number of thiophene rings is 1. The van der Waals surface area contributed by atoms with Crippen LogP contribution in [0.25, 0.3) is 10.1 Å². The number of hydrogen-bond acceptors (Lipinski definition) is 0. The number of benzene rings is 1. The highest BCUT2D eigenvalue weighted by Crippen LogP contribution is 2.56. The van der Waals surface area contributed by atoms with Crippen molar-refractivity contribution in [3.63, 3.8) is 0 Å². The molecule has 1 unspecified atom stereocenters. The van der Waals surface area contributed by atoms with E-state index in [0.29, 0.717) is 9.58 Å². The molecule has 1 aromatic carbocycles. The quantitative estimate of drug-likeness (QED) is 0.484. The predicted octanol–water partition coefficient (Wildman–Crippen LogP) is 7.05. The van der Waals surface area contributed by atoms with E-state index in [4.69, 9.17) is 0 Å². The Hall–Kier alpha value is -0.740. The van der Waals surface area contributed by atoms with Gasteiger partial charge < -0.3 is 0 Å². The lowest BCUT2D eigenvalue weighted by atomic mass is 9.84. The van der Waals surface area contributed by atoms with Crippen LogP contribution >= 0.6 is 22.9 Å². The Bertz CT molecular complexity index is 675. The van der Waals surface area contributed by atoms with Crippen molar-refractivity contribution >= 4 is 33.0 Å². The van der Waals surface area contributed by atoms with E-state index in [0.717, 1.165) is 30.2 Å². The molecule has 0 radical (unpaired) electrons. The van der Waals surface area contributed by atoms with Crippen LogP contribution in [0.2, 0.25) is 0 Å². The van der Waals surface area contributed by atoms with Crippen LogP contribution < -0.4 is 0 Å². The minimum atomic E-state index is -4.16. The maximum atomic E-state index is 13.6. The Labute approximate surface area is 138 Å². The van der Waals surface area contributed by atoms with Gasteiger partial charge in [0.05, 0.1) is 10.5 Å². The van der Waals surface area contributed by atoms with Crippen molar-refractivity contribution in [2.45, 2.75) is 56.9 Å². The first-order valence-electron chi connectivity index (χ1n) is 7.35. The van der Waals surface area contributed by atoms with Crippen LogP contribution in [0.15, 0.2) is 24.3 Å². The van der Waals surface area contributed by atoms with Gasteiger partial charge in [-0.1, -0.05) is 33.3 Å². The first-order valence-corrected chi connectivity index (χ1v) is 8.57. The summed E-state index contributed by atoms with van der Waals surface area (Å²) in [6, 6.07) is 7.43. The molecule has 0 N–H and O–H groups in total. The number of fused-ring (bicyclic) bond motifs is 1. The SMILES string of the molecule is CC(C)(C)c1ccc2cc(C3CCC3)[s+](C(F)(F)F)c2c1.Cl. The molecule has 1 atom stereocenters. The van der Waals surface area contributed by atoms with Gasteiger partial charge in [0.15, 0.2) is 9.58 Å². The van der Waals surface area contributed by atoms with Gasteiger partial charge in [-0.2, -0.15) is 0 Å². The zero-order valence-corrected chi connectivity index (χ0v) is 14.6. The second-order valence-electron chi connectivity index (χ2n) is 6.93. The fraction of sp³-hybridized carbons (Fsp3) is 0.529. The molecule has 1 saturated carbocycles. The van der Waals surface area contributed by atoms with Gasteiger partial charge in [0, 0.05) is 23.4 Å². The van der Waals surface area contributed by atoms with Crippen molar-refractivity contribution in [3.8, 4) is 0 Å². The molecule has 0 amide bonds. The van der Waals surface area contributed by atoms with Crippen molar-refractivity contribution in [3.05, 3.63) is 34.7 Å². The van der Waals surface area contributed by atoms with Crippen molar-refractivity contribution in [2.75, 3.05) is 0 Å². The van der Waals surface area contributed by atoms with E-state index in [-0.39, 0.29) is 23.7 Å². The van der Waals surface area contributed by atoms with Crippen LogP contribution in [-0.2, 0) is 10.9 Å². The van der Waals surface area contributed by atoms with E-state index < -0.39 is 16.0 Å². The van der Waals surface area contributed by atoms with Crippen LogP contribution in [0.1, 0.15) is 56.4 Å². The third kappa shape index (κ3) is 3.00. The molecule has 0 nitrogen and oxygen atoms in total. The maximum absolute atomic E-state index is 13.6. The summed E-state index contributed by atoms with van der Waals surface area (Å²) in [5.74, 6) is 0.139. The largest absolute Gasteiger partial charge is 0.600 e. The van der Waals surface area contributed by atoms with Gasteiger partial charge in [0.1, 0.15) is 0 Å². The van der Waals surface area contributed by atoms with Crippen molar-refractivity contribution in [1.82, 2.24) is 0 Å². The van der Waals surface area contributed by atoms with Crippen molar-refractivity contribution in [1.29, 1.82) is 0 Å². The highest BCUT2D eigenvalue weighted by atomic mass is 35.5. The minimum absolute atomic E-state index is 0. The predicted molar refractivity (Wildman–Crippen MR) is 90.3 cm³/mol. The third-order valence-corrected chi connectivity index (χ3v) is 6.55. The number of halogens is 4. The van der Waals surface area contributed by atoms with Crippen LogP contribution in [0.4, 0.5) is 13.2 Å². The lowest BCUT2D eigenvalue weighted by Gasteiger charge is -2.22. The average molecular weight is 350 g/mol. The van der Waals surface area contributed by atoms with E-state index in [2.05, 4.69) is 0 Å².